The van der Waals surface area contributed by atoms with Gasteiger partial charge in [0.25, 0.3) is 0 Å². The molecule has 2 aromatic heterocycles. The summed E-state index contributed by atoms with van der Waals surface area (Å²) in [6.07, 6.45) is 2.46. The van der Waals surface area contributed by atoms with E-state index in [-0.39, 0.29) is 4.75 Å². The molecule has 1 aliphatic rings. The molecule has 1 unspecified atom stereocenters. The number of aromatic amines is 1. The van der Waals surface area contributed by atoms with Crippen LogP contribution in [-0.4, -0.2) is 34.8 Å². The van der Waals surface area contributed by atoms with E-state index in [0.717, 1.165) is 22.8 Å². The molecular formula is C13H18N4S. The minimum absolute atomic E-state index is 0.138. The van der Waals surface area contributed by atoms with Crippen LogP contribution in [0.15, 0.2) is 12.1 Å². The number of pyridine rings is 1. The normalized spacial score (nSPS) is 23.7. The SMILES string of the molecule is CN(C)c1ccc2[nH]c(C3(C)CCCS3)nc2n1. The first-order chi connectivity index (χ1) is 8.58. The van der Waals surface area contributed by atoms with Crippen LogP contribution in [0, 0.1) is 0 Å². The van der Waals surface area contributed by atoms with Gasteiger partial charge in [-0.3, -0.25) is 0 Å². The third kappa shape index (κ3) is 1.86. The zero-order valence-electron chi connectivity index (χ0n) is 11.0. The van der Waals surface area contributed by atoms with E-state index >= 15 is 0 Å². The second-order valence-electron chi connectivity index (χ2n) is 5.20. The maximum absolute atomic E-state index is 4.70. The minimum atomic E-state index is 0.138. The van der Waals surface area contributed by atoms with Gasteiger partial charge in [0.15, 0.2) is 5.65 Å². The third-order valence-electron chi connectivity index (χ3n) is 3.51. The number of thioether (sulfide) groups is 1. The number of hydrogen-bond donors (Lipinski definition) is 1. The molecule has 0 aliphatic carbocycles. The van der Waals surface area contributed by atoms with Gasteiger partial charge in [-0.2, -0.15) is 0 Å². The summed E-state index contributed by atoms with van der Waals surface area (Å²) in [7, 11) is 3.99. The van der Waals surface area contributed by atoms with Crippen LogP contribution in [0.2, 0.25) is 0 Å². The van der Waals surface area contributed by atoms with Crippen molar-refractivity contribution < 1.29 is 0 Å². The Morgan fingerprint density at radius 2 is 2.17 bits per heavy atom. The lowest BCUT2D eigenvalue weighted by Crippen LogP contribution is -2.14. The van der Waals surface area contributed by atoms with Gasteiger partial charge in [-0.05, 0) is 37.7 Å². The van der Waals surface area contributed by atoms with Crippen molar-refractivity contribution in [3.05, 3.63) is 18.0 Å². The maximum atomic E-state index is 4.70. The molecule has 1 N–H and O–H groups in total. The maximum Gasteiger partial charge on any atom is 0.179 e. The van der Waals surface area contributed by atoms with Crippen molar-refractivity contribution in [2.75, 3.05) is 24.7 Å². The van der Waals surface area contributed by atoms with Crippen molar-refractivity contribution in [1.82, 2.24) is 15.0 Å². The summed E-state index contributed by atoms with van der Waals surface area (Å²) in [5.41, 5.74) is 1.86. The van der Waals surface area contributed by atoms with Crippen LogP contribution in [-0.2, 0) is 4.75 Å². The third-order valence-corrected chi connectivity index (χ3v) is 5.04. The van der Waals surface area contributed by atoms with Gasteiger partial charge in [-0.25, -0.2) is 9.97 Å². The second-order valence-corrected chi connectivity index (χ2v) is 6.80. The summed E-state index contributed by atoms with van der Waals surface area (Å²) in [5, 5.41) is 0. The summed E-state index contributed by atoms with van der Waals surface area (Å²) in [4.78, 5) is 14.7. The first kappa shape index (κ1) is 11.8. The van der Waals surface area contributed by atoms with Gasteiger partial charge in [0.2, 0.25) is 0 Å². The van der Waals surface area contributed by atoms with Crippen molar-refractivity contribution in [2.45, 2.75) is 24.5 Å². The van der Waals surface area contributed by atoms with Gasteiger partial charge in [0.05, 0.1) is 10.3 Å². The fraction of sp³-hybridized carbons (Fsp3) is 0.538. The Bertz CT molecular complexity index is 569. The van der Waals surface area contributed by atoms with E-state index in [9.17, 15) is 0 Å². The second kappa shape index (κ2) is 4.16. The van der Waals surface area contributed by atoms with Gasteiger partial charge in [0.1, 0.15) is 11.6 Å². The van der Waals surface area contributed by atoms with Crippen LogP contribution < -0.4 is 4.90 Å². The zero-order chi connectivity index (χ0) is 12.8. The summed E-state index contributed by atoms with van der Waals surface area (Å²) < 4.78 is 0.138. The summed E-state index contributed by atoms with van der Waals surface area (Å²) >= 11 is 1.99. The first-order valence-corrected chi connectivity index (χ1v) is 7.26. The molecule has 0 bridgehead atoms. The fourth-order valence-corrected chi connectivity index (χ4v) is 3.61. The molecule has 18 heavy (non-hydrogen) atoms. The number of aromatic nitrogens is 3. The zero-order valence-corrected chi connectivity index (χ0v) is 11.8. The molecule has 4 nitrogen and oxygen atoms in total. The molecule has 2 aromatic rings. The molecule has 3 rings (SSSR count). The minimum Gasteiger partial charge on any atom is -0.363 e. The van der Waals surface area contributed by atoms with E-state index in [0.29, 0.717) is 0 Å². The monoisotopic (exact) mass is 262 g/mol. The van der Waals surface area contributed by atoms with Crippen molar-refractivity contribution in [3.8, 4) is 0 Å². The lowest BCUT2D eigenvalue weighted by molar-refractivity contribution is 0.614. The highest BCUT2D eigenvalue weighted by Gasteiger charge is 2.34. The van der Waals surface area contributed by atoms with Gasteiger partial charge in [0, 0.05) is 14.1 Å². The number of nitrogens with zero attached hydrogens (tertiary/aromatic N) is 3. The topological polar surface area (TPSA) is 44.8 Å². The van der Waals surface area contributed by atoms with Crippen molar-refractivity contribution in [3.63, 3.8) is 0 Å². The van der Waals surface area contributed by atoms with Crippen molar-refractivity contribution in [1.29, 1.82) is 0 Å². The Balaban J connectivity index is 2.05. The lowest BCUT2D eigenvalue weighted by Gasteiger charge is -2.18. The number of imidazole rings is 1. The standard InChI is InChI=1S/C13H18N4S/c1-13(7-4-8-18-13)12-14-9-5-6-10(17(2)3)15-11(9)16-12/h5-6H,4,7-8H2,1-3H3,(H,14,15,16). The highest BCUT2D eigenvalue weighted by atomic mass is 32.2. The van der Waals surface area contributed by atoms with Crippen LogP contribution in [0.1, 0.15) is 25.6 Å². The molecule has 1 saturated heterocycles. The number of H-pyrrole nitrogens is 1. The van der Waals surface area contributed by atoms with Gasteiger partial charge >= 0.3 is 0 Å². The van der Waals surface area contributed by atoms with E-state index in [1.807, 2.05) is 36.8 Å². The number of fused-ring (bicyclic) bond motifs is 1. The van der Waals surface area contributed by atoms with E-state index in [2.05, 4.69) is 23.0 Å². The van der Waals surface area contributed by atoms with Gasteiger partial charge < -0.3 is 9.88 Å². The molecule has 0 radical (unpaired) electrons. The summed E-state index contributed by atoms with van der Waals surface area (Å²) in [5.74, 6) is 3.25. The molecule has 1 aliphatic heterocycles. The predicted octanol–water partition coefficient (Wildman–Crippen LogP) is 2.77. The predicted molar refractivity (Wildman–Crippen MR) is 77.3 cm³/mol. The molecule has 1 fully saturated rings. The van der Waals surface area contributed by atoms with Crippen LogP contribution in [0.5, 0.6) is 0 Å². The molecule has 0 saturated carbocycles. The van der Waals surface area contributed by atoms with E-state index < -0.39 is 0 Å². The highest BCUT2D eigenvalue weighted by Crippen LogP contribution is 2.45. The van der Waals surface area contributed by atoms with Crippen LogP contribution in [0.25, 0.3) is 11.2 Å². The fourth-order valence-electron chi connectivity index (χ4n) is 2.35. The van der Waals surface area contributed by atoms with Crippen LogP contribution in [0.4, 0.5) is 5.82 Å². The molecule has 1 atom stereocenters. The Kier molecular flexibility index (Phi) is 2.73. The van der Waals surface area contributed by atoms with Crippen LogP contribution in [0.3, 0.4) is 0 Å². The Labute approximate surface area is 111 Å². The van der Waals surface area contributed by atoms with Gasteiger partial charge in [-0.15, -0.1) is 11.8 Å². The Morgan fingerprint density at radius 3 is 2.83 bits per heavy atom. The van der Waals surface area contributed by atoms with E-state index in [1.54, 1.807) is 0 Å². The van der Waals surface area contributed by atoms with Crippen molar-refractivity contribution in [2.24, 2.45) is 0 Å². The van der Waals surface area contributed by atoms with Crippen molar-refractivity contribution >= 4 is 28.7 Å². The van der Waals surface area contributed by atoms with Gasteiger partial charge in [-0.1, -0.05) is 0 Å². The molecule has 0 aromatic carbocycles. The number of nitrogens with one attached hydrogen (secondary N) is 1. The molecule has 0 amide bonds. The van der Waals surface area contributed by atoms with E-state index in [1.165, 1.54) is 18.6 Å². The summed E-state index contributed by atoms with van der Waals surface area (Å²) in [6, 6.07) is 4.09. The Hall–Kier alpha value is -1.23. The largest absolute Gasteiger partial charge is 0.363 e. The lowest BCUT2D eigenvalue weighted by atomic mass is 10.1. The molecule has 0 spiro atoms. The highest BCUT2D eigenvalue weighted by molar-refractivity contribution is 8.00. The summed E-state index contributed by atoms with van der Waals surface area (Å²) in [6.45, 7) is 2.27. The first-order valence-electron chi connectivity index (χ1n) is 6.27. The quantitative estimate of drug-likeness (QED) is 0.904. The average Bonchev–Trinajstić information content (AvgIpc) is 2.94. The number of hydrogen-bond acceptors (Lipinski definition) is 4. The van der Waals surface area contributed by atoms with E-state index in [4.69, 9.17) is 4.98 Å². The Morgan fingerprint density at radius 1 is 1.33 bits per heavy atom. The number of anilines is 1. The molecule has 5 heteroatoms. The smallest absolute Gasteiger partial charge is 0.179 e. The average molecular weight is 262 g/mol. The molecule has 3 heterocycles. The molecular weight excluding hydrogens is 244 g/mol. The molecule has 96 valence electrons. The number of rotatable bonds is 2. The van der Waals surface area contributed by atoms with Crippen LogP contribution >= 0.6 is 11.8 Å².